The number of hydrogen-bond donors (Lipinski definition) is 0. The van der Waals surface area contributed by atoms with E-state index in [-0.39, 0.29) is 5.92 Å². The molecule has 1 saturated carbocycles. The third kappa shape index (κ3) is 4.55. The van der Waals surface area contributed by atoms with Crippen LogP contribution in [0.2, 0.25) is 5.02 Å². The van der Waals surface area contributed by atoms with Crippen LogP contribution in [-0.2, 0) is 4.84 Å². The molecule has 152 valence electrons. The van der Waals surface area contributed by atoms with Gasteiger partial charge in [-0.15, -0.1) is 0 Å². The van der Waals surface area contributed by atoms with E-state index in [1.165, 1.54) is 5.56 Å². The van der Waals surface area contributed by atoms with Crippen LogP contribution in [0.4, 0.5) is 0 Å². The van der Waals surface area contributed by atoms with E-state index in [1.54, 1.807) is 19.2 Å². The van der Waals surface area contributed by atoms with Gasteiger partial charge < -0.3 is 9.57 Å². The van der Waals surface area contributed by atoms with E-state index in [0.29, 0.717) is 16.5 Å². The van der Waals surface area contributed by atoms with Crippen LogP contribution in [-0.4, -0.2) is 18.8 Å². The Morgan fingerprint density at radius 1 is 0.933 bits per heavy atom. The van der Waals surface area contributed by atoms with Gasteiger partial charge in [0.05, 0.1) is 18.4 Å². The highest BCUT2D eigenvalue weighted by Gasteiger charge is 2.43. The molecule has 0 amide bonds. The number of benzene rings is 3. The third-order valence-corrected chi connectivity index (χ3v) is 5.59. The second-order valence-corrected chi connectivity index (χ2v) is 7.89. The number of hydrogen-bond acceptors (Lipinski definition) is 4. The van der Waals surface area contributed by atoms with E-state index < -0.39 is 5.97 Å². The Labute approximate surface area is 181 Å². The molecule has 2 atom stereocenters. The zero-order chi connectivity index (χ0) is 21.1. The van der Waals surface area contributed by atoms with Crippen molar-refractivity contribution in [1.82, 2.24) is 0 Å². The fourth-order valence-corrected chi connectivity index (χ4v) is 3.63. The average Bonchev–Trinajstić information content (AvgIpc) is 3.56. The predicted molar refractivity (Wildman–Crippen MR) is 118 cm³/mol. The van der Waals surface area contributed by atoms with E-state index in [1.807, 2.05) is 67.6 Å². The summed E-state index contributed by atoms with van der Waals surface area (Å²) < 4.78 is 5.25. The second-order valence-electron chi connectivity index (χ2n) is 7.45. The highest BCUT2D eigenvalue weighted by Crippen LogP contribution is 2.49. The van der Waals surface area contributed by atoms with Gasteiger partial charge in [-0.3, -0.25) is 0 Å². The Bertz CT molecular complexity index is 1060. The van der Waals surface area contributed by atoms with Gasteiger partial charge in [0.25, 0.3) is 0 Å². The zero-order valence-corrected chi connectivity index (χ0v) is 17.6. The third-order valence-electron chi connectivity index (χ3n) is 5.34. The largest absolute Gasteiger partial charge is 0.497 e. The van der Waals surface area contributed by atoms with Crippen LogP contribution in [0, 0.1) is 12.8 Å². The van der Waals surface area contributed by atoms with Gasteiger partial charge in [-0.1, -0.05) is 46.6 Å². The van der Waals surface area contributed by atoms with Crippen LogP contribution >= 0.6 is 11.6 Å². The molecule has 0 aromatic heterocycles. The van der Waals surface area contributed by atoms with E-state index in [2.05, 4.69) is 5.16 Å². The summed E-state index contributed by atoms with van der Waals surface area (Å²) in [6, 6.07) is 22.8. The zero-order valence-electron chi connectivity index (χ0n) is 16.8. The maximum absolute atomic E-state index is 12.5. The van der Waals surface area contributed by atoms with Crippen molar-refractivity contribution in [2.45, 2.75) is 19.3 Å². The molecule has 0 aliphatic heterocycles. The molecule has 30 heavy (non-hydrogen) atoms. The molecule has 1 fully saturated rings. The van der Waals surface area contributed by atoms with Crippen molar-refractivity contribution < 1.29 is 14.4 Å². The van der Waals surface area contributed by atoms with Gasteiger partial charge in [0.15, 0.2) is 0 Å². The van der Waals surface area contributed by atoms with Crippen molar-refractivity contribution in [2.24, 2.45) is 11.1 Å². The minimum Gasteiger partial charge on any atom is -0.497 e. The van der Waals surface area contributed by atoms with Crippen LogP contribution in [0.15, 0.2) is 78.0 Å². The molecule has 4 nitrogen and oxygen atoms in total. The summed E-state index contributed by atoms with van der Waals surface area (Å²) >= 11 is 6.02. The number of carbonyl (C=O) groups is 1. The van der Waals surface area contributed by atoms with Gasteiger partial charge in [0, 0.05) is 10.9 Å². The van der Waals surface area contributed by atoms with Crippen molar-refractivity contribution in [1.29, 1.82) is 0 Å². The molecule has 1 aliphatic rings. The number of ether oxygens (including phenoxy) is 1. The monoisotopic (exact) mass is 419 g/mol. The first-order valence-corrected chi connectivity index (χ1v) is 10.2. The summed E-state index contributed by atoms with van der Waals surface area (Å²) in [4.78, 5) is 17.8. The molecular weight excluding hydrogens is 398 g/mol. The van der Waals surface area contributed by atoms with Gasteiger partial charge >= 0.3 is 5.97 Å². The summed E-state index contributed by atoms with van der Waals surface area (Å²) in [7, 11) is 1.63. The Morgan fingerprint density at radius 2 is 1.57 bits per heavy atom. The first kappa shape index (κ1) is 20.2. The predicted octanol–water partition coefficient (Wildman–Crippen LogP) is 6.02. The number of halogens is 1. The molecule has 0 bridgehead atoms. The lowest BCUT2D eigenvalue weighted by atomic mass is 10.0. The maximum atomic E-state index is 12.5. The molecular formula is C25H22ClNO3. The smallest absolute Gasteiger partial charge is 0.365 e. The highest BCUT2D eigenvalue weighted by molar-refractivity contribution is 6.30. The molecule has 3 aromatic carbocycles. The fraction of sp³-hybridized carbons (Fsp3) is 0.200. The summed E-state index contributed by atoms with van der Waals surface area (Å²) in [6.45, 7) is 1.97. The lowest BCUT2D eigenvalue weighted by Gasteiger charge is -2.08. The molecule has 0 N–H and O–H groups in total. The summed E-state index contributed by atoms with van der Waals surface area (Å²) in [6.07, 6.45) is 0.939. The molecule has 4 rings (SSSR count). The van der Waals surface area contributed by atoms with Crippen molar-refractivity contribution in [3.8, 4) is 5.75 Å². The molecule has 1 aliphatic carbocycles. The van der Waals surface area contributed by atoms with Crippen molar-refractivity contribution >= 4 is 23.3 Å². The van der Waals surface area contributed by atoms with Gasteiger partial charge in [0.2, 0.25) is 0 Å². The lowest BCUT2D eigenvalue weighted by Crippen LogP contribution is -2.09. The summed E-state index contributed by atoms with van der Waals surface area (Å²) in [5.74, 6) is 0.788. The van der Waals surface area contributed by atoms with E-state index >= 15 is 0 Å². The summed E-state index contributed by atoms with van der Waals surface area (Å²) in [5.41, 5.74) is 4.43. The Morgan fingerprint density at radius 3 is 2.20 bits per heavy atom. The first-order valence-electron chi connectivity index (χ1n) is 9.81. The number of methoxy groups -OCH3 is 1. The van der Waals surface area contributed by atoms with Crippen LogP contribution in [0.25, 0.3) is 0 Å². The maximum Gasteiger partial charge on any atom is 0.365 e. The lowest BCUT2D eigenvalue weighted by molar-refractivity contribution is 0.0515. The Kier molecular flexibility index (Phi) is 5.86. The second kappa shape index (κ2) is 8.72. The Hall–Kier alpha value is -3.11. The summed E-state index contributed by atoms with van der Waals surface area (Å²) in [5, 5.41) is 5.02. The number of nitrogens with zero attached hydrogens (tertiary/aromatic N) is 1. The van der Waals surface area contributed by atoms with Crippen LogP contribution in [0.1, 0.15) is 39.4 Å². The van der Waals surface area contributed by atoms with Gasteiger partial charge in [-0.2, -0.15) is 0 Å². The quantitative estimate of drug-likeness (QED) is 0.279. The first-order chi connectivity index (χ1) is 14.5. The van der Waals surface area contributed by atoms with Gasteiger partial charge in [-0.25, -0.2) is 4.79 Å². The fourth-order valence-electron chi connectivity index (χ4n) is 3.50. The van der Waals surface area contributed by atoms with E-state index in [9.17, 15) is 4.79 Å². The highest BCUT2D eigenvalue weighted by atomic mass is 35.5. The van der Waals surface area contributed by atoms with Crippen LogP contribution in [0.5, 0.6) is 5.75 Å². The van der Waals surface area contributed by atoms with E-state index in [0.717, 1.165) is 29.0 Å². The van der Waals surface area contributed by atoms with Crippen LogP contribution < -0.4 is 4.74 Å². The van der Waals surface area contributed by atoms with Gasteiger partial charge in [-0.05, 0) is 78.9 Å². The van der Waals surface area contributed by atoms with Crippen molar-refractivity contribution in [2.75, 3.05) is 7.11 Å². The van der Waals surface area contributed by atoms with Crippen molar-refractivity contribution in [3.63, 3.8) is 0 Å². The topological polar surface area (TPSA) is 47.9 Å². The SMILES string of the molecule is COc1ccc(/C(=N/OC(=O)c2ccc(C)cc2)[C@@H]2C[C@H]2c2ccc(Cl)cc2)cc1. The molecule has 0 saturated heterocycles. The molecule has 3 aromatic rings. The molecule has 0 radical (unpaired) electrons. The molecule has 0 spiro atoms. The molecule has 5 heteroatoms. The minimum atomic E-state index is -0.468. The average molecular weight is 420 g/mol. The standard InChI is InChI=1S/C25H22ClNO3/c1-16-3-5-19(6-4-16)25(28)30-27-24(18-9-13-21(29-2)14-10-18)23-15-22(23)17-7-11-20(26)12-8-17/h3-14,22-23H,15H2,1-2H3/b27-24-/t22-,23+/m0/s1. The normalized spacial score (nSPS) is 18.0. The van der Waals surface area contributed by atoms with Crippen LogP contribution in [0.3, 0.4) is 0 Å². The molecule has 0 unspecified atom stereocenters. The van der Waals surface area contributed by atoms with E-state index in [4.69, 9.17) is 21.2 Å². The van der Waals surface area contributed by atoms with Crippen molar-refractivity contribution in [3.05, 3.63) is 100 Å². The Balaban J connectivity index is 1.58. The number of oxime groups is 1. The molecule has 0 heterocycles. The van der Waals surface area contributed by atoms with Gasteiger partial charge in [0.1, 0.15) is 5.75 Å². The number of carbonyl (C=O) groups excluding carboxylic acids is 1. The minimum absolute atomic E-state index is 0.172. The number of aryl methyl sites for hydroxylation is 1. The number of rotatable bonds is 6.